The molecule has 2 heteroatoms. The van der Waals surface area contributed by atoms with Gasteiger partial charge in [0.05, 0.1) is 0 Å². The van der Waals surface area contributed by atoms with Gasteiger partial charge < -0.3 is 5.32 Å². The van der Waals surface area contributed by atoms with Crippen LogP contribution in [0.3, 0.4) is 0 Å². The third-order valence-electron chi connectivity index (χ3n) is 2.13. The van der Waals surface area contributed by atoms with Gasteiger partial charge in [0.1, 0.15) is 0 Å². The molecule has 0 radical (unpaired) electrons. The molecule has 1 rings (SSSR count). The van der Waals surface area contributed by atoms with Crippen LogP contribution < -0.4 is 5.32 Å². The van der Waals surface area contributed by atoms with E-state index in [4.69, 9.17) is 0 Å². The maximum absolute atomic E-state index is 3.78. The SMILES string of the molecule is C=CCC(NCC)c1ccc(Br)cc1. The monoisotopic (exact) mass is 253 g/mol. The van der Waals surface area contributed by atoms with E-state index in [1.807, 2.05) is 6.08 Å². The Hall–Kier alpha value is -0.600. The van der Waals surface area contributed by atoms with Crippen molar-refractivity contribution in [2.24, 2.45) is 0 Å². The Morgan fingerprint density at radius 1 is 1.43 bits per heavy atom. The lowest BCUT2D eigenvalue weighted by Crippen LogP contribution is -2.20. The fraction of sp³-hybridized carbons (Fsp3) is 0.333. The van der Waals surface area contributed by atoms with Crippen molar-refractivity contribution in [3.8, 4) is 0 Å². The van der Waals surface area contributed by atoms with Crippen molar-refractivity contribution in [1.82, 2.24) is 5.32 Å². The minimum Gasteiger partial charge on any atom is -0.310 e. The van der Waals surface area contributed by atoms with E-state index in [2.05, 4.69) is 59.0 Å². The van der Waals surface area contributed by atoms with E-state index >= 15 is 0 Å². The van der Waals surface area contributed by atoms with Crippen LogP contribution in [0.4, 0.5) is 0 Å². The predicted octanol–water partition coefficient (Wildman–Crippen LogP) is 3.68. The minimum absolute atomic E-state index is 0.394. The smallest absolute Gasteiger partial charge is 0.0354 e. The first-order chi connectivity index (χ1) is 6.77. The lowest BCUT2D eigenvalue weighted by molar-refractivity contribution is 0.559. The van der Waals surface area contributed by atoms with Gasteiger partial charge in [0, 0.05) is 10.5 Å². The van der Waals surface area contributed by atoms with Gasteiger partial charge in [0.25, 0.3) is 0 Å². The Bertz CT molecular complexity index is 279. The van der Waals surface area contributed by atoms with Crippen molar-refractivity contribution in [2.75, 3.05) is 6.54 Å². The summed E-state index contributed by atoms with van der Waals surface area (Å²) in [6, 6.07) is 8.82. The molecule has 0 amide bonds. The van der Waals surface area contributed by atoms with Crippen LogP contribution in [0.1, 0.15) is 24.9 Å². The average Bonchev–Trinajstić information content (AvgIpc) is 2.19. The standard InChI is InChI=1S/C12H16BrN/c1-3-5-12(14-4-2)10-6-8-11(13)9-7-10/h3,6-9,12,14H,1,4-5H2,2H3. The molecule has 0 bridgehead atoms. The van der Waals surface area contributed by atoms with E-state index < -0.39 is 0 Å². The quantitative estimate of drug-likeness (QED) is 0.790. The molecule has 14 heavy (non-hydrogen) atoms. The Kier molecular flexibility index (Phi) is 4.91. The van der Waals surface area contributed by atoms with Crippen molar-refractivity contribution < 1.29 is 0 Å². The van der Waals surface area contributed by atoms with E-state index in [1.165, 1.54) is 5.56 Å². The molecule has 0 spiro atoms. The van der Waals surface area contributed by atoms with Crippen LogP contribution in [0.5, 0.6) is 0 Å². The second-order valence-electron chi connectivity index (χ2n) is 3.19. The van der Waals surface area contributed by atoms with Gasteiger partial charge in [0.15, 0.2) is 0 Å². The van der Waals surface area contributed by atoms with E-state index in [-0.39, 0.29) is 0 Å². The summed E-state index contributed by atoms with van der Waals surface area (Å²) in [4.78, 5) is 0. The van der Waals surface area contributed by atoms with Crippen LogP contribution >= 0.6 is 15.9 Å². The fourth-order valence-electron chi connectivity index (χ4n) is 1.45. The number of halogens is 1. The van der Waals surface area contributed by atoms with Crippen molar-refractivity contribution >= 4 is 15.9 Å². The highest BCUT2D eigenvalue weighted by Crippen LogP contribution is 2.19. The first kappa shape index (κ1) is 11.5. The lowest BCUT2D eigenvalue weighted by Gasteiger charge is -2.16. The average molecular weight is 254 g/mol. The molecule has 1 aromatic rings. The van der Waals surface area contributed by atoms with Crippen molar-refractivity contribution in [3.63, 3.8) is 0 Å². The molecule has 0 aromatic heterocycles. The summed E-state index contributed by atoms with van der Waals surface area (Å²) >= 11 is 3.43. The first-order valence-corrected chi connectivity index (χ1v) is 5.67. The predicted molar refractivity (Wildman–Crippen MR) is 65.4 cm³/mol. The van der Waals surface area contributed by atoms with E-state index in [0.29, 0.717) is 6.04 Å². The fourth-order valence-corrected chi connectivity index (χ4v) is 1.71. The van der Waals surface area contributed by atoms with Gasteiger partial charge in [-0.2, -0.15) is 0 Å². The molecule has 1 unspecified atom stereocenters. The molecule has 0 aliphatic carbocycles. The number of rotatable bonds is 5. The first-order valence-electron chi connectivity index (χ1n) is 4.87. The van der Waals surface area contributed by atoms with Gasteiger partial charge in [-0.05, 0) is 30.7 Å². The van der Waals surface area contributed by atoms with Gasteiger partial charge in [-0.1, -0.05) is 41.1 Å². The molecule has 76 valence electrons. The molecule has 0 heterocycles. The summed E-state index contributed by atoms with van der Waals surface area (Å²) in [5.74, 6) is 0. The van der Waals surface area contributed by atoms with Crippen molar-refractivity contribution in [3.05, 3.63) is 47.0 Å². The minimum atomic E-state index is 0.394. The van der Waals surface area contributed by atoms with Gasteiger partial charge in [-0.15, -0.1) is 6.58 Å². The van der Waals surface area contributed by atoms with Crippen LogP contribution in [0, 0.1) is 0 Å². The Labute approximate surface area is 94.3 Å². The molecule has 1 nitrogen and oxygen atoms in total. The lowest BCUT2D eigenvalue weighted by atomic mass is 10.0. The second kappa shape index (κ2) is 5.99. The molecule has 0 saturated heterocycles. The molecular weight excluding hydrogens is 238 g/mol. The summed E-state index contributed by atoms with van der Waals surface area (Å²) in [5, 5.41) is 3.43. The summed E-state index contributed by atoms with van der Waals surface area (Å²) in [6.45, 7) is 6.88. The zero-order chi connectivity index (χ0) is 10.4. The van der Waals surface area contributed by atoms with Gasteiger partial charge in [0.2, 0.25) is 0 Å². The normalized spacial score (nSPS) is 12.4. The third kappa shape index (κ3) is 3.28. The topological polar surface area (TPSA) is 12.0 Å². The molecule has 1 atom stereocenters. The highest BCUT2D eigenvalue weighted by Gasteiger charge is 2.06. The Morgan fingerprint density at radius 2 is 2.07 bits per heavy atom. The highest BCUT2D eigenvalue weighted by atomic mass is 79.9. The maximum atomic E-state index is 3.78. The van der Waals surface area contributed by atoms with Crippen LogP contribution in [0.25, 0.3) is 0 Å². The number of benzene rings is 1. The zero-order valence-electron chi connectivity index (χ0n) is 8.46. The van der Waals surface area contributed by atoms with Crippen molar-refractivity contribution in [1.29, 1.82) is 0 Å². The Morgan fingerprint density at radius 3 is 2.57 bits per heavy atom. The third-order valence-corrected chi connectivity index (χ3v) is 2.65. The van der Waals surface area contributed by atoms with Crippen LogP contribution in [0.2, 0.25) is 0 Å². The molecular formula is C12H16BrN. The molecule has 1 N–H and O–H groups in total. The summed E-state index contributed by atoms with van der Waals surface area (Å²) < 4.78 is 1.12. The molecule has 0 aliphatic heterocycles. The number of nitrogens with one attached hydrogen (secondary N) is 1. The summed E-state index contributed by atoms with van der Waals surface area (Å²) in [6.07, 6.45) is 2.92. The van der Waals surface area contributed by atoms with Gasteiger partial charge >= 0.3 is 0 Å². The zero-order valence-corrected chi connectivity index (χ0v) is 10.0. The van der Waals surface area contributed by atoms with Gasteiger partial charge in [-0.3, -0.25) is 0 Å². The van der Waals surface area contributed by atoms with Crippen LogP contribution in [0.15, 0.2) is 41.4 Å². The molecule has 0 aliphatic rings. The van der Waals surface area contributed by atoms with E-state index in [1.54, 1.807) is 0 Å². The number of hydrogen-bond donors (Lipinski definition) is 1. The molecule has 1 aromatic carbocycles. The van der Waals surface area contributed by atoms with E-state index in [0.717, 1.165) is 17.4 Å². The van der Waals surface area contributed by atoms with E-state index in [9.17, 15) is 0 Å². The highest BCUT2D eigenvalue weighted by molar-refractivity contribution is 9.10. The van der Waals surface area contributed by atoms with Crippen molar-refractivity contribution in [2.45, 2.75) is 19.4 Å². The molecule has 0 fully saturated rings. The maximum Gasteiger partial charge on any atom is 0.0354 e. The molecule has 0 saturated carbocycles. The second-order valence-corrected chi connectivity index (χ2v) is 4.10. The van der Waals surface area contributed by atoms with Gasteiger partial charge in [-0.25, -0.2) is 0 Å². The summed E-state index contributed by atoms with van der Waals surface area (Å²) in [5.41, 5.74) is 1.31. The summed E-state index contributed by atoms with van der Waals surface area (Å²) in [7, 11) is 0. The van der Waals surface area contributed by atoms with Crippen LogP contribution in [-0.2, 0) is 0 Å². The largest absolute Gasteiger partial charge is 0.310 e. The Balaban J connectivity index is 2.76. The van der Waals surface area contributed by atoms with Crippen LogP contribution in [-0.4, -0.2) is 6.54 Å². The number of hydrogen-bond acceptors (Lipinski definition) is 1.